The fourth-order valence-electron chi connectivity index (χ4n) is 4.61. The second kappa shape index (κ2) is 10.5. The molecule has 3 heterocycles. The molecule has 0 saturated carbocycles. The monoisotopic (exact) mass is 541 g/mol. The van der Waals surface area contributed by atoms with Gasteiger partial charge in [0.05, 0.1) is 27.3 Å². The van der Waals surface area contributed by atoms with Gasteiger partial charge in [0.25, 0.3) is 5.91 Å². The van der Waals surface area contributed by atoms with Crippen molar-refractivity contribution < 1.29 is 26.8 Å². The number of rotatable bonds is 6. The lowest BCUT2D eigenvalue weighted by Crippen LogP contribution is -2.51. The van der Waals surface area contributed by atoms with E-state index in [1.54, 1.807) is 24.3 Å². The topological polar surface area (TPSA) is 113 Å². The van der Waals surface area contributed by atoms with E-state index in [0.29, 0.717) is 24.6 Å². The zero-order chi connectivity index (χ0) is 26.9. The van der Waals surface area contributed by atoms with Crippen molar-refractivity contribution in [2.45, 2.75) is 23.0 Å². The fourth-order valence-corrected chi connectivity index (χ4v) is 6.34. The molecule has 1 N–H and O–H groups in total. The third kappa shape index (κ3) is 5.01. The molecule has 0 unspecified atom stereocenters. The lowest BCUT2D eigenvalue weighted by atomic mass is 10.0. The van der Waals surface area contributed by atoms with Gasteiger partial charge >= 0.3 is 0 Å². The average Bonchev–Trinajstić information content (AvgIpc) is 2.90. The van der Waals surface area contributed by atoms with Crippen LogP contribution in [0.25, 0.3) is 0 Å². The minimum Gasteiger partial charge on any atom is -0.338 e. The Morgan fingerprint density at radius 2 is 1.71 bits per heavy atom. The van der Waals surface area contributed by atoms with E-state index in [4.69, 9.17) is 0 Å². The largest absolute Gasteiger partial charge is 0.338 e. The number of carbonyl (C=O) groups is 2. The number of amides is 2. The summed E-state index contributed by atoms with van der Waals surface area (Å²) in [6.07, 6.45) is 1.82. The van der Waals surface area contributed by atoms with Crippen molar-refractivity contribution >= 4 is 33.2 Å². The highest BCUT2D eigenvalue weighted by Gasteiger charge is 2.35. The Bertz CT molecular complexity index is 1440. The summed E-state index contributed by atoms with van der Waals surface area (Å²) in [5.41, 5.74) is 0.0978. The highest BCUT2D eigenvalue weighted by atomic mass is 32.2. The molecule has 0 radical (unpaired) electrons. The summed E-state index contributed by atoms with van der Waals surface area (Å²) in [5.74, 6) is -2.25. The molecule has 3 aromatic rings. The molecule has 0 bridgehead atoms. The molecule has 2 aliphatic heterocycles. The van der Waals surface area contributed by atoms with Crippen LogP contribution >= 0.6 is 0 Å². The molecule has 2 aromatic carbocycles. The van der Waals surface area contributed by atoms with Crippen LogP contribution in [-0.4, -0.2) is 66.8 Å². The van der Waals surface area contributed by atoms with E-state index in [1.165, 1.54) is 28.1 Å². The van der Waals surface area contributed by atoms with Crippen molar-refractivity contribution in [3.05, 3.63) is 78.0 Å². The first-order valence-electron chi connectivity index (χ1n) is 12.2. The molecule has 2 saturated heterocycles. The summed E-state index contributed by atoms with van der Waals surface area (Å²) >= 11 is 0. The molecule has 2 amide bonds. The van der Waals surface area contributed by atoms with Gasteiger partial charge in [-0.25, -0.2) is 17.2 Å². The molecule has 12 heteroatoms. The number of carbonyl (C=O) groups excluding carboxylic acids is 2. The molecule has 38 heavy (non-hydrogen) atoms. The second-order valence-electron chi connectivity index (χ2n) is 9.27. The van der Waals surface area contributed by atoms with E-state index in [1.807, 2.05) is 0 Å². The standard InChI is InChI=1S/C26H25F2N5O4S/c27-18-3-8-23(28)22(14-18)26(35)32-12-9-21(10-13-32)38(36,37)20-6-4-19(5-7-20)33(24-2-1-11-30-31-24)25(34)17-15-29-16-17/h1-8,11,14,17,21,29H,9-10,12-13,15-16H2. The lowest BCUT2D eigenvalue weighted by Gasteiger charge is -2.32. The minimum absolute atomic E-state index is 0.0963. The number of piperidine rings is 1. The fraction of sp³-hybridized carbons (Fsp3) is 0.308. The molecule has 9 nitrogen and oxygen atoms in total. The molecule has 2 aliphatic rings. The first-order valence-corrected chi connectivity index (χ1v) is 13.7. The Balaban J connectivity index is 1.30. The molecule has 5 rings (SSSR count). The van der Waals surface area contributed by atoms with Crippen LogP contribution < -0.4 is 10.2 Å². The van der Waals surface area contributed by atoms with E-state index in [9.17, 15) is 26.8 Å². The number of nitrogens with zero attached hydrogens (tertiary/aromatic N) is 4. The van der Waals surface area contributed by atoms with Gasteiger partial charge in [-0.15, -0.1) is 5.10 Å². The first kappa shape index (κ1) is 25.9. The van der Waals surface area contributed by atoms with Crippen LogP contribution in [0.5, 0.6) is 0 Å². The number of nitrogens with one attached hydrogen (secondary N) is 1. The molecule has 2 fully saturated rings. The van der Waals surface area contributed by atoms with Crippen LogP contribution in [-0.2, 0) is 14.6 Å². The molecule has 1 aromatic heterocycles. The van der Waals surface area contributed by atoms with E-state index in [0.717, 1.165) is 18.2 Å². The van der Waals surface area contributed by atoms with E-state index in [-0.39, 0.29) is 48.2 Å². The van der Waals surface area contributed by atoms with Crippen LogP contribution in [0.15, 0.2) is 65.7 Å². The maximum atomic E-state index is 14.0. The summed E-state index contributed by atoms with van der Waals surface area (Å²) < 4.78 is 54.3. The molecule has 0 aliphatic carbocycles. The van der Waals surface area contributed by atoms with Crippen molar-refractivity contribution in [1.29, 1.82) is 0 Å². The van der Waals surface area contributed by atoms with E-state index < -0.39 is 32.6 Å². The number of halogens is 2. The number of sulfone groups is 1. The number of likely N-dealkylation sites (tertiary alicyclic amines) is 1. The lowest BCUT2D eigenvalue weighted by molar-refractivity contribution is -0.123. The summed E-state index contributed by atoms with van der Waals surface area (Å²) in [6.45, 7) is 1.30. The van der Waals surface area contributed by atoms with Crippen molar-refractivity contribution in [2.24, 2.45) is 5.92 Å². The Hall–Kier alpha value is -3.77. The number of aromatic nitrogens is 2. The van der Waals surface area contributed by atoms with E-state index in [2.05, 4.69) is 15.5 Å². The van der Waals surface area contributed by atoms with Crippen LogP contribution in [0.2, 0.25) is 0 Å². The van der Waals surface area contributed by atoms with Crippen LogP contribution in [0.1, 0.15) is 23.2 Å². The minimum atomic E-state index is -3.74. The van der Waals surface area contributed by atoms with Crippen molar-refractivity contribution in [2.75, 3.05) is 31.1 Å². The van der Waals surface area contributed by atoms with Gasteiger partial charge in [-0.3, -0.25) is 14.5 Å². The van der Waals surface area contributed by atoms with Gasteiger partial charge in [0.2, 0.25) is 5.91 Å². The van der Waals surface area contributed by atoms with Gasteiger partial charge in [0.15, 0.2) is 15.7 Å². The number of anilines is 2. The van der Waals surface area contributed by atoms with Gasteiger partial charge in [-0.1, -0.05) is 0 Å². The molecule has 198 valence electrons. The van der Waals surface area contributed by atoms with Gasteiger partial charge in [-0.05, 0) is 67.4 Å². The van der Waals surface area contributed by atoms with Crippen LogP contribution in [0.3, 0.4) is 0 Å². The number of benzene rings is 2. The average molecular weight is 542 g/mol. The third-order valence-corrected chi connectivity index (χ3v) is 9.17. The molecular formula is C26H25F2N5O4S. The quantitative estimate of drug-likeness (QED) is 0.511. The number of hydrogen-bond donors (Lipinski definition) is 1. The normalized spacial score (nSPS) is 16.6. The van der Waals surface area contributed by atoms with Gasteiger partial charge in [0.1, 0.15) is 11.6 Å². The summed E-state index contributed by atoms with van der Waals surface area (Å²) in [7, 11) is -3.74. The predicted molar refractivity (Wildman–Crippen MR) is 134 cm³/mol. The van der Waals surface area contributed by atoms with E-state index >= 15 is 0 Å². The van der Waals surface area contributed by atoms with Gasteiger partial charge in [0, 0.05) is 32.4 Å². The Labute approximate surface area is 218 Å². The predicted octanol–water partition coefficient (Wildman–Crippen LogP) is 2.72. The molecule has 0 atom stereocenters. The maximum absolute atomic E-state index is 14.0. The highest BCUT2D eigenvalue weighted by Crippen LogP contribution is 2.30. The second-order valence-corrected chi connectivity index (χ2v) is 11.5. The third-order valence-electron chi connectivity index (χ3n) is 6.89. The van der Waals surface area contributed by atoms with Gasteiger partial charge in [-0.2, -0.15) is 5.10 Å². The molecule has 0 spiro atoms. The highest BCUT2D eigenvalue weighted by molar-refractivity contribution is 7.92. The van der Waals surface area contributed by atoms with Crippen molar-refractivity contribution in [3.63, 3.8) is 0 Å². The summed E-state index contributed by atoms with van der Waals surface area (Å²) in [5, 5.41) is 10.2. The van der Waals surface area contributed by atoms with Crippen molar-refractivity contribution in [3.8, 4) is 0 Å². The zero-order valence-corrected chi connectivity index (χ0v) is 21.1. The van der Waals surface area contributed by atoms with Crippen LogP contribution in [0.4, 0.5) is 20.3 Å². The van der Waals surface area contributed by atoms with Crippen molar-refractivity contribution in [1.82, 2.24) is 20.4 Å². The SMILES string of the molecule is O=C(c1cc(F)ccc1F)N1CCC(S(=O)(=O)c2ccc(N(C(=O)C3CNC3)c3cccnn3)cc2)CC1. The summed E-state index contributed by atoms with van der Waals surface area (Å²) in [4.78, 5) is 28.6. The van der Waals surface area contributed by atoms with Gasteiger partial charge < -0.3 is 10.2 Å². The first-order chi connectivity index (χ1) is 18.3. The van der Waals surface area contributed by atoms with Crippen LogP contribution in [0, 0.1) is 17.6 Å². The Morgan fingerprint density at radius 1 is 1.00 bits per heavy atom. The summed E-state index contributed by atoms with van der Waals surface area (Å²) in [6, 6.07) is 12.0. The molecular weight excluding hydrogens is 516 g/mol. The Kier molecular flexibility index (Phi) is 7.17. The zero-order valence-electron chi connectivity index (χ0n) is 20.3. The smallest absolute Gasteiger partial charge is 0.256 e. The Morgan fingerprint density at radius 3 is 2.32 bits per heavy atom. The number of hydrogen-bond acceptors (Lipinski definition) is 7. The maximum Gasteiger partial charge on any atom is 0.256 e.